The first-order valence-corrected chi connectivity index (χ1v) is 13.6. The quantitative estimate of drug-likeness (QED) is 0.316. The van der Waals surface area contributed by atoms with Gasteiger partial charge in [0.25, 0.3) is 5.56 Å². The van der Waals surface area contributed by atoms with Crippen molar-refractivity contribution in [3.05, 3.63) is 80.0 Å². The first-order valence-electron chi connectivity index (χ1n) is 10.9. The summed E-state index contributed by atoms with van der Waals surface area (Å²) in [6.07, 6.45) is 4.40. The lowest BCUT2D eigenvalue weighted by molar-refractivity contribution is 0.700. The molecule has 9 heteroatoms. The second-order valence-electron chi connectivity index (χ2n) is 8.05. The van der Waals surface area contributed by atoms with E-state index in [1.807, 2.05) is 29.6 Å². The summed E-state index contributed by atoms with van der Waals surface area (Å²) in [6, 6.07) is 14.4. The Bertz CT molecular complexity index is 1470. The monoisotopic (exact) mass is 491 g/mol. The number of thiophene rings is 2. The Morgan fingerprint density at radius 1 is 1.06 bits per heavy atom. The number of thioether (sulfide) groups is 1. The third kappa shape index (κ3) is 4.05. The van der Waals surface area contributed by atoms with Crippen molar-refractivity contribution in [3.63, 3.8) is 0 Å². The largest absolute Gasteiger partial charge is 0.309 e. The predicted octanol–water partition coefficient (Wildman–Crippen LogP) is 5.52. The van der Waals surface area contributed by atoms with E-state index in [0.717, 1.165) is 45.3 Å². The number of hydrogen-bond donors (Lipinski definition) is 1. The number of fused-ring (bicyclic) bond motifs is 3. The van der Waals surface area contributed by atoms with Gasteiger partial charge in [0.2, 0.25) is 0 Å². The van der Waals surface area contributed by atoms with Crippen LogP contribution < -0.4 is 5.56 Å². The number of nitrogens with zero attached hydrogens (tertiary/aromatic N) is 4. The number of aromatic nitrogens is 5. The van der Waals surface area contributed by atoms with Gasteiger partial charge in [-0.15, -0.1) is 32.9 Å². The van der Waals surface area contributed by atoms with Gasteiger partial charge in [0.05, 0.1) is 22.6 Å². The summed E-state index contributed by atoms with van der Waals surface area (Å²) in [5.74, 6) is 2.08. The number of aryl methyl sites for hydroxylation is 2. The highest BCUT2D eigenvalue weighted by Gasteiger charge is 2.21. The van der Waals surface area contributed by atoms with Gasteiger partial charge < -0.3 is 4.98 Å². The highest BCUT2D eigenvalue weighted by molar-refractivity contribution is 7.98. The molecule has 0 saturated carbocycles. The molecule has 0 unspecified atom stereocenters. The lowest BCUT2D eigenvalue weighted by atomic mass is 9.97. The molecular formula is C24H21N5OS3. The Morgan fingerprint density at radius 3 is 2.79 bits per heavy atom. The van der Waals surface area contributed by atoms with Crippen molar-refractivity contribution in [1.29, 1.82) is 0 Å². The van der Waals surface area contributed by atoms with Gasteiger partial charge in [-0.25, -0.2) is 4.98 Å². The van der Waals surface area contributed by atoms with Crippen LogP contribution in [0.5, 0.6) is 0 Å². The summed E-state index contributed by atoms with van der Waals surface area (Å²) < 4.78 is 2.15. The maximum absolute atomic E-state index is 12.9. The minimum Gasteiger partial charge on any atom is -0.309 e. The maximum atomic E-state index is 12.9. The normalized spacial score (nSPS) is 13.5. The third-order valence-electron chi connectivity index (χ3n) is 5.85. The van der Waals surface area contributed by atoms with Crippen LogP contribution in [0.25, 0.3) is 20.9 Å². The van der Waals surface area contributed by atoms with Crippen molar-refractivity contribution in [2.75, 3.05) is 0 Å². The lowest BCUT2D eigenvalue weighted by Crippen LogP contribution is -2.12. The molecule has 1 aliphatic carbocycles. The SMILES string of the molecule is O=c1[nH]c(CSc2nnc(-c3cccs3)n2Cc2ccccc2)nc2sc3c(c12)CCCC3. The van der Waals surface area contributed by atoms with Crippen LogP contribution in [0, 0.1) is 0 Å². The van der Waals surface area contributed by atoms with Crippen LogP contribution in [-0.2, 0) is 25.1 Å². The summed E-state index contributed by atoms with van der Waals surface area (Å²) in [4.78, 5) is 24.0. The fourth-order valence-electron chi connectivity index (χ4n) is 4.30. The Balaban J connectivity index is 1.31. The highest BCUT2D eigenvalue weighted by atomic mass is 32.2. The molecule has 0 atom stereocenters. The molecule has 0 saturated heterocycles. The summed E-state index contributed by atoms with van der Waals surface area (Å²) in [5.41, 5.74) is 2.39. The Hall–Kier alpha value is -2.75. The van der Waals surface area contributed by atoms with Gasteiger partial charge in [0, 0.05) is 4.88 Å². The first-order chi connectivity index (χ1) is 16.3. The molecule has 5 aromatic rings. The average molecular weight is 492 g/mol. The molecule has 0 bridgehead atoms. The van der Waals surface area contributed by atoms with E-state index in [2.05, 4.69) is 37.9 Å². The van der Waals surface area contributed by atoms with E-state index in [4.69, 9.17) is 4.98 Å². The van der Waals surface area contributed by atoms with Crippen molar-refractivity contribution in [1.82, 2.24) is 24.7 Å². The lowest BCUT2D eigenvalue weighted by Gasteiger charge is -2.10. The minimum atomic E-state index is -0.0139. The third-order valence-corrected chi connectivity index (χ3v) is 8.88. The topological polar surface area (TPSA) is 76.5 Å². The molecule has 166 valence electrons. The van der Waals surface area contributed by atoms with Crippen LogP contribution >= 0.6 is 34.4 Å². The van der Waals surface area contributed by atoms with Crippen LogP contribution in [0.3, 0.4) is 0 Å². The van der Waals surface area contributed by atoms with E-state index in [0.29, 0.717) is 18.1 Å². The van der Waals surface area contributed by atoms with Gasteiger partial charge in [-0.05, 0) is 48.3 Å². The molecule has 0 aliphatic heterocycles. The van der Waals surface area contributed by atoms with Crippen LogP contribution in [-0.4, -0.2) is 24.7 Å². The van der Waals surface area contributed by atoms with Crippen molar-refractivity contribution < 1.29 is 0 Å². The van der Waals surface area contributed by atoms with Gasteiger partial charge in [0.15, 0.2) is 11.0 Å². The van der Waals surface area contributed by atoms with E-state index >= 15 is 0 Å². The van der Waals surface area contributed by atoms with Crippen molar-refractivity contribution >= 4 is 44.7 Å². The fraction of sp³-hybridized carbons (Fsp3) is 0.250. The van der Waals surface area contributed by atoms with E-state index in [9.17, 15) is 4.79 Å². The van der Waals surface area contributed by atoms with Crippen molar-refractivity contribution in [2.24, 2.45) is 0 Å². The number of hydrogen-bond acceptors (Lipinski definition) is 7. The van der Waals surface area contributed by atoms with Crippen molar-refractivity contribution in [2.45, 2.75) is 43.1 Å². The molecule has 4 aromatic heterocycles. The molecule has 33 heavy (non-hydrogen) atoms. The zero-order chi connectivity index (χ0) is 22.2. The van der Waals surface area contributed by atoms with Gasteiger partial charge in [-0.3, -0.25) is 9.36 Å². The van der Waals surface area contributed by atoms with Gasteiger partial charge in [0.1, 0.15) is 10.7 Å². The van der Waals surface area contributed by atoms with E-state index in [1.54, 1.807) is 34.4 Å². The number of nitrogens with one attached hydrogen (secondary N) is 1. The van der Waals surface area contributed by atoms with Gasteiger partial charge in [-0.1, -0.05) is 48.2 Å². The molecule has 0 fully saturated rings. The maximum Gasteiger partial charge on any atom is 0.259 e. The van der Waals surface area contributed by atoms with E-state index in [1.165, 1.54) is 22.4 Å². The fourth-order valence-corrected chi connectivity index (χ4v) is 7.11. The van der Waals surface area contributed by atoms with Gasteiger partial charge >= 0.3 is 0 Å². The minimum absolute atomic E-state index is 0.0139. The number of rotatable bonds is 6. The Kier molecular flexibility index (Phi) is 5.61. The van der Waals surface area contributed by atoms with E-state index in [-0.39, 0.29) is 5.56 Å². The molecule has 6 rings (SSSR count). The Morgan fingerprint density at radius 2 is 1.94 bits per heavy atom. The highest BCUT2D eigenvalue weighted by Crippen LogP contribution is 2.34. The number of H-pyrrole nitrogens is 1. The van der Waals surface area contributed by atoms with Crippen LogP contribution in [0.4, 0.5) is 0 Å². The zero-order valence-corrected chi connectivity index (χ0v) is 20.2. The van der Waals surface area contributed by atoms with Crippen molar-refractivity contribution in [3.8, 4) is 10.7 Å². The molecule has 1 aliphatic rings. The van der Waals surface area contributed by atoms with E-state index < -0.39 is 0 Å². The second-order valence-corrected chi connectivity index (χ2v) is 11.0. The summed E-state index contributed by atoms with van der Waals surface area (Å²) >= 11 is 4.89. The average Bonchev–Trinajstić information content (AvgIpc) is 3.57. The van der Waals surface area contributed by atoms with Crippen LogP contribution in [0.1, 0.15) is 34.7 Å². The zero-order valence-electron chi connectivity index (χ0n) is 17.8. The molecule has 0 amide bonds. The summed E-state index contributed by atoms with van der Waals surface area (Å²) in [6.45, 7) is 0.685. The molecule has 0 radical (unpaired) electrons. The smallest absolute Gasteiger partial charge is 0.259 e. The standard InChI is InChI=1S/C24H21N5OS3/c30-22-20-16-9-4-5-10-17(16)33-23(20)26-19(25-22)14-32-24-28-27-21(18-11-6-12-31-18)29(24)13-15-7-2-1-3-8-15/h1-3,6-8,11-12H,4-5,9-10,13-14H2,(H,25,26,30). The number of benzene rings is 1. The van der Waals surface area contributed by atoms with Crippen LogP contribution in [0.2, 0.25) is 0 Å². The summed E-state index contributed by atoms with van der Waals surface area (Å²) in [7, 11) is 0. The Labute approximate surface area is 202 Å². The molecule has 4 heterocycles. The van der Waals surface area contributed by atoms with Crippen LogP contribution in [0.15, 0.2) is 57.8 Å². The molecule has 1 aromatic carbocycles. The van der Waals surface area contributed by atoms with Gasteiger partial charge in [-0.2, -0.15) is 0 Å². The summed E-state index contributed by atoms with van der Waals surface area (Å²) in [5, 5.41) is 12.6. The second kappa shape index (κ2) is 8.89. The first kappa shape index (κ1) is 20.8. The molecule has 6 nitrogen and oxygen atoms in total. The molecule has 0 spiro atoms. The molecule has 1 N–H and O–H groups in total. The molecular weight excluding hydrogens is 470 g/mol. The predicted molar refractivity (Wildman–Crippen MR) is 135 cm³/mol. The number of aromatic amines is 1.